The normalized spacial score (nSPS) is 17.2. The highest BCUT2D eigenvalue weighted by atomic mass is 19.4. The minimum absolute atomic E-state index is 0.0718. The average Bonchev–Trinajstić information content (AvgIpc) is 2.54. The molecule has 0 unspecified atom stereocenters. The summed E-state index contributed by atoms with van der Waals surface area (Å²) in [4.78, 5) is 20.1. The Morgan fingerprint density at radius 3 is 2.58 bits per heavy atom. The lowest BCUT2D eigenvalue weighted by Gasteiger charge is -2.33. The van der Waals surface area contributed by atoms with Gasteiger partial charge in [0, 0.05) is 12.4 Å². The van der Waals surface area contributed by atoms with Gasteiger partial charge in [0.2, 0.25) is 5.82 Å². The van der Waals surface area contributed by atoms with Gasteiger partial charge in [0.25, 0.3) is 5.91 Å². The lowest BCUT2D eigenvalue weighted by Crippen LogP contribution is -2.42. The maximum Gasteiger partial charge on any atom is 0.451 e. The molecule has 24 heavy (non-hydrogen) atoms. The van der Waals surface area contributed by atoms with Gasteiger partial charge in [0.05, 0.1) is 17.8 Å². The van der Waals surface area contributed by atoms with Crippen LogP contribution in [0.1, 0.15) is 23.1 Å². The van der Waals surface area contributed by atoms with Crippen molar-refractivity contribution < 1.29 is 27.1 Å². The highest BCUT2D eigenvalue weighted by Gasteiger charge is 2.35. The van der Waals surface area contributed by atoms with Crippen LogP contribution in [0, 0.1) is 5.82 Å². The monoisotopic (exact) mass is 341 g/mol. The smallest absolute Gasteiger partial charge is 0.451 e. The molecule has 1 aliphatic heterocycles. The summed E-state index contributed by atoms with van der Waals surface area (Å²) in [5.41, 5.74) is 0.0744. The van der Waals surface area contributed by atoms with Crippen LogP contribution in [0.25, 0.3) is 0 Å². The molecule has 0 aliphatic carbocycles. The second-order valence-corrected chi connectivity index (χ2v) is 5.23. The molecule has 1 aliphatic rings. The predicted molar refractivity (Wildman–Crippen MR) is 75.2 cm³/mol. The van der Waals surface area contributed by atoms with E-state index in [1.165, 1.54) is 23.1 Å². The van der Waals surface area contributed by atoms with Gasteiger partial charge in [-0.15, -0.1) is 0 Å². The number of amides is 1. The number of ether oxygens (including phenoxy) is 1. The van der Waals surface area contributed by atoms with E-state index in [-0.39, 0.29) is 23.5 Å². The molecular formula is C15H11F4N3O2. The number of aromatic nitrogens is 2. The third-order valence-corrected chi connectivity index (χ3v) is 3.39. The molecule has 5 nitrogen and oxygen atoms in total. The molecule has 2 aromatic rings. The number of hydrogen-bond acceptors (Lipinski definition) is 4. The van der Waals surface area contributed by atoms with Gasteiger partial charge in [0.15, 0.2) is 11.6 Å². The summed E-state index contributed by atoms with van der Waals surface area (Å²) < 4.78 is 56.7. The number of fused-ring (bicyclic) bond motifs is 1. The Balaban J connectivity index is 1.95. The molecule has 9 heteroatoms. The second-order valence-electron chi connectivity index (χ2n) is 5.23. The summed E-state index contributed by atoms with van der Waals surface area (Å²) in [6.45, 7) is 1.77. The van der Waals surface area contributed by atoms with Crippen molar-refractivity contribution in [2.45, 2.75) is 19.2 Å². The fourth-order valence-corrected chi connectivity index (χ4v) is 2.35. The van der Waals surface area contributed by atoms with E-state index in [0.717, 1.165) is 12.4 Å². The van der Waals surface area contributed by atoms with Crippen molar-refractivity contribution in [3.63, 3.8) is 0 Å². The molecule has 0 spiro atoms. The van der Waals surface area contributed by atoms with Crippen LogP contribution in [0.2, 0.25) is 0 Å². The summed E-state index contributed by atoms with van der Waals surface area (Å²) >= 11 is 0. The number of anilines is 1. The number of alkyl halides is 3. The molecule has 1 aromatic heterocycles. The standard InChI is InChI=1S/C15H11F4N3O2/c1-8-7-22(11-4-2-3-10(16)12(11)24-8)13(23)9-5-20-14(21-6-9)15(17,18)19/h2-6,8H,7H2,1H3/t8-/m0/s1. The number of hydrogen-bond donors (Lipinski definition) is 0. The first kappa shape index (κ1) is 16.2. The van der Waals surface area contributed by atoms with Crippen LogP contribution in [0.3, 0.4) is 0 Å². The average molecular weight is 341 g/mol. The fourth-order valence-electron chi connectivity index (χ4n) is 2.35. The molecule has 0 bridgehead atoms. The van der Waals surface area contributed by atoms with Crippen LogP contribution in [-0.4, -0.2) is 28.5 Å². The Labute approximate surface area is 133 Å². The highest BCUT2D eigenvalue weighted by Crippen LogP contribution is 2.36. The fraction of sp³-hybridized carbons (Fsp3) is 0.267. The van der Waals surface area contributed by atoms with Gasteiger partial charge >= 0.3 is 6.18 Å². The SMILES string of the molecule is C[C@H]1CN(C(=O)c2cnc(C(F)(F)F)nc2)c2cccc(F)c2O1. The van der Waals surface area contributed by atoms with Crippen molar-refractivity contribution in [1.29, 1.82) is 0 Å². The Hall–Kier alpha value is -2.71. The van der Waals surface area contributed by atoms with E-state index in [9.17, 15) is 22.4 Å². The van der Waals surface area contributed by atoms with E-state index in [4.69, 9.17) is 4.74 Å². The number of carbonyl (C=O) groups excluding carboxylic acids is 1. The van der Waals surface area contributed by atoms with Crippen LogP contribution in [0.4, 0.5) is 23.2 Å². The summed E-state index contributed by atoms with van der Waals surface area (Å²) in [7, 11) is 0. The van der Waals surface area contributed by atoms with E-state index >= 15 is 0 Å². The van der Waals surface area contributed by atoms with Crippen LogP contribution >= 0.6 is 0 Å². The predicted octanol–water partition coefficient (Wildman–Crippen LogP) is 3.06. The maximum absolute atomic E-state index is 13.9. The third kappa shape index (κ3) is 2.89. The van der Waals surface area contributed by atoms with Crippen molar-refractivity contribution >= 4 is 11.6 Å². The first-order valence-electron chi connectivity index (χ1n) is 6.93. The molecule has 1 amide bonds. The van der Waals surface area contributed by atoms with E-state index in [1.807, 2.05) is 0 Å². The zero-order valence-electron chi connectivity index (χ0n) is 12.3. The van der Waals surface area contributed by atoms with Crippen LogP contribution in [0.5, 0.6) is 5.75 Å². The van der Waals surface area contributed by atoms with E-state index in [0.29, 0.717) is 0 Å². The molecule has 3 rings (SSSR count). The molecule has 1 atom stereocenters. The lowest BCUT2D eigenvalue weighted by molar-refractivity contribution is -0.145. The van der Waals surface area contributed by atoms with Crippen molar-refractivity contribution in [2.75, 3.05) is 11.4 Å². The van der Waals surface area contributed by atoms with E-state index in [2.05, 4.69) is 9.97 Å². The Morgan fingerprint density at radius 2 is 1.96 bits per heavy atom. The zero-order valence-corrected chi connectivity index (χ0v) is 12.3. The number of nitrogens with zero attached hydrogens (tertiary/aromatic N) is 3. The Kier molecular flexibility index (Phi) is 3.86. The summed E-state index contributed by atoms with van der Waals surface area (Å²) in [6, 6.07) is 4.10. The molecule has 2 heterocycles. The lowest BCUT2D eigenvalue weighted by atomic mass is 10.1. The quantitative estimate of drug-likeness (QED) is 0.748. The number of carbonyl (C=O) groups is 1. The summed E-state index contributed by atoms with van der Waals surface area (Å²) in [5, 5.41) is 0. The van der Waals surface area contributed by atoms with Crippen LogP contribution < -0.4 is 9.64 Å². The maximum atomic E-state index is 13.9. The van der Waals surface area contributed by atoms with Crippen LogP contribution in [-0.2, 0) is 6.18 Å². The first-order chi connectivity index (χ1) is 11.3. The van der Waals surface area contributed by atoms with Gasteiger partial charge < -0.3 is 9.64 Å². The molecule has 126 valence electrons. The van der Waals surface area contributed by atoms with Crippen molar-refractivity contribution in [1.82, 2.24) is 9.97 Å². The summed E-state index contributed by atoms with van der Waals surface area (Å²) in [6.07, 6.45) is -3.56. The van der Waals surface area contributed by atoms with Gasteiger partial charge in [-0.3, -0.25) is 4.79 Å². The first-order valence-corrected chi connectivity index (χ1v) is 6.93. The molecule has 1 aromatic carbocycles. The number of rotatable bonds is 1. The molecular weight excluding hydrogens is 330 g/mol. The highest BCUT2D eigenvalue weighted by molar-refractivity contribution is 6.06. The van der Waals surface area contributed by atoms with Crippen LogP contribution in [0.15, 0.2) is 30.6 Å². The Bertz CT molecular complexity index is 777. The second kappa shape index (κ2) is 5.73. The van der Waals surface area contributed by atoms with Crippen molar-refractivity contribution in [3.8, 4) is 5.75 Å². The van der Waals surface area contributed by atoms with E-state index < -0.39 is 29.8 Å². The van der Waals surface area contributed by atoms with Gasteiger partial charge in [0.1, 0.15) is 6.10 Å². The topological polar surface area (TPSA) is 55.3 Å². The van der Waals surface area contributed by atoms with Gasteiger partial charge in [-0.25, -0.2) is 14.4 Å². The van der Waals surface area contributed by atoms with Gasteiger partial charge in [-0.1, -0.05) is 6.07 Å². The third-order valence-electron chi connectivity index (χ3n) is 3.39. The molecule has 0 saturated carbocycles. The Morgan fingerprint density at radius 1 is 1.29 bits per heavy atom. The minimum atomic E-state index is -4.69. The van der Waals surface area contributed by atoms with Crippen molar-refractivity contribution in [2.24, 2.45) is 0 Å². The van der Waals surface area contributed by atoms with E-state index in [1.54, 1.807) is 6.92 Å². The summed E-state index contributed by atoms with van der Waals surface area (Å²) in [5.74, 6) is -2.66. The molecule has 0 saturated heterocycles. The minimum Gasteiger partial charge on any atom is -0.484 e. The molecule has 0 fully saturated rings. The molecule has 0 radical (unpaired) electrons. The molecule has 0 N–H and O–H groups in total. The zero-order chi connectivity index (χ0) is 17.5. The van der Waals surface area contributed by atoms with Gasteiger partial charge in [-0.2, -0.15) is 13.2 Å². The number of halogens is 4. The van der Waals surface area contributed by atoms with Crippen molar-refractivity contribution in [3.05, 3.63) is 47.8 Å². The number of para-hydroxylation sites is 1. The van der Waals surface area contributed by atoms with Gasteiger partial charge in [-0.05, 0) is 19.1 Å². The number of benzene rings is 1. The largest absolute Gasteiger partial charge is 0.484 e.